The lowest BCUT2D eigenvalue weighted by Gasteiger charge is -2.24. The van der Waals surface area contributed by atoms with Crippen LogP contribution in [0.4, 0.5) is 10.5 Å². The maximum Gasteiger partial charge on any atom is 0.319 e. The van der Waals surface area contributed by atoms with Gasteiger partial charge in [0.25, 0.3) is 0 Å². The Bertz CT molecular complexity index is 681. The molecule has 0 aromatic heterocycles. The number of amides is 2. The molecule has 2 rings (SSSR count). The van der Waals surface area contributed by atoms with E-state index in [4.69, 9.17) is 4.74 Å². The second-order valence-corrected chi connectivity index (χ2v) is 6.20. The minimum Gasteiger partial charge on any atom is -0.497 e. The van der Waals surface area contributed by atoms with Crippen molar-refractivity contribution in [2.24, 2.45) is 0 Å². The molecule has 1 atom stereocenters. The average molecular weight is 328 g/mol. The summed E-state index contributed by atoms with van der Waals surface area (Å²) in [6.45, 7) is 3.81. The van der Waals surface area contributed by atoms with Gasteiger partial charge >= 0.3 is 6.03 Å². The van der Waals surface area contributed by atoms with Crippen molar-refractivity contribution in [1.82, 2.24) is 5.32 Å². The van der Waals surface area contributed by atoms with Crippen LogP contribution in [0, 0.1) is 6.92 Å². The van der Waals surface area contributed by atoms with Gasteiger partial charge in [-0.05, 0) is 49.2 Å². The Hall–Kier alpha value is -2.53. The van der Waals surface area contributed by atoms with Crippen molar-refractivity contribution < 1.29 is 14.6 Å². The van der Waals surface area contributed by atoms with Crippen molar-refractivity contribution in [3.05, 3.63) is 59.7 Å². The van der Waals surface area contributed by atoms with Gasteiger partial charge in [-0.15, -0.1) is 0 Å². The van der Waals surface area contributed by atoms with Gasteiger partial charge in [-0.1, -0.05) is 24.3 Å². The molecule has 0 saturated heterocycles. The Morgan fingerprint density at radius 3 is 2.54 bits per heavy atom. The molecular formula is C19H24N2O3. The third kappa shape index (κ3) is 5.59. The molecule has 0 radical (unpaired) electrons. The molecule has 0 heterocycles. The van der Waals surface area contributed by atoms with Crippen molar-refractivity contribution >= 4 is 11.7 Å². The fraction of sp³-hybridized carbons (Fsp3) is 0.316. The lowest BCUT2D eigenvalue weighted by atomic mass is 9.96. The van der Waals surface area contributed by atoms with Crippen LogP contribution in [-0.4, -0.2) is 30.4 Å². The van der Waals surface area contributed by atoms with E-state index in [9.17, 15) is 9.90 Å². The first-order valence-corrected chi connectivity index (χ1v) is 7.85. The van der Waals surface area contributed by atoms with Crippen molar-refractivity contribution in [3.8, 4) is 5.75 Å². The highest BCUT2D eigenvalue weighted by Crippen LogP contribution is 2.17. The van der Waals surface area contributed by atoms with E-state index in [1.54, 1.807) is 14.0 Å². The fourth-order valence-electron chi connectivity index (χ4n) is 2.41. The molecule has 128 valence electrons. The van der Waals surface area contributed by atoms with Crippen LogP contribution in [0.1, 0.15) is 18.1 Å². The zero-order chi connectivity index (χ0) is 17.6. The van der Waals surface area contributed by atoms with E-state index in [0.717, 1.165) is 22.6 Å². The molecule has 24 heavy (non-hydrogen) atoms. The standard InChI is InChI=1S/C19H24N2O3/c1-14-5-4-6-16(11-14)21-18(22)20-13-19(2,23)12-15-7-9-17(24-3)10-8-15/h4-11,23H,12-13H2,1-3H3,(H2,20,21,22)/t19-/m0/s1. The van der Waals surface area contributed by atoms with Crippen molar-refractivity contribution in [2.45, 2.75) is 25.9 Å². The highest BCUT2D eigenvalue weighted by molar-refractivity contribution is 5.89. The van der Waals surface area contributed by atoms with E-state index in [2.05, 4.69) is 10.6 Å². The smallest absolute Gasteiger partial charge is 0.319 e. The number of methoxy groups -OCH3 is 1. The minimum absolute atomic E-state index is 0.149. The van der Waals surface area contributed by atoms with E-state index >= 15 is 0 Å². The first kappa shape index (κ1) is 17.8. The van der Waals surface area contributed by atoms with Gasteiger partial charge in [0, 0.05) is 18.7 Å². The lowest BCUT2D eigenvalue weighted by Crippen LogP contribution is -2.43. The van der Waals surface area contributed by atoms with Gasteiger partial charge < -0.3 is 20.5 Å². The molecule has 0 aliphatic heterocycles. The molecule has 3 N–H and O–H groups in total. The lowest BCUT2D eigenvalue weighted by molar-refractivity contribution is 0.0629. The number of carbonyl (C=O) groups excluding carboxylic acids is 1. The summed E-state index contributed by atoms with van der Waals surface area (Å²) in [4.78, 5) is 12.0. The second-order valence-electron chi connectivity index (χ2n) is 6.20. The maximum absolute atomic E-state index is 12.0. The largest absolute Gasteiger partial charge is 0.497 e. The number of anilines is 1. The van der Waals surface area contributed by atoms with Crippen molar-refractivity contribution in [1.29, 1.82) is 0 Å². The molecule has 0 unspecified atom stereocenters. The second kappa shape index (κ2) is 7.84. The molecule has 5 nitrogen and oxygen atoms in total. The molecule has 2 aromatic rings. The van der Waals surface area contributed by atoms with Crippen LogP contribution in [0.25, 0.3) is 0 Å². The Balaban J connectivity index is 1.85. The Labute approximate surface area is 142 Å². The number of carbonyl (C=O) groups is 1. The number of nitrogens with one attached hydrogen (secondary N) is 2. The van der Waals surface area contributed by atoms with E-state index in [1.807, 2.05) is 55.5 Å². The Morgan fingerprint density at radius 1 is 1.21 bits per heavy atom. The monoisotopic (exact) mass is 328 g/mol. The van der Waals surface area contributed by atoms with Gasteiger partial charge in [0.2, 0.25) is 0 Å². The third-order valence-corrected chi connectivity index (χ3v) is 3.65. The van der Waals surface area contributed by atoms with Crippen LogP contribution in [0.2, 0.25) is 0 Å². The highest BCUT2D eigenvalue weighted by Gasteiger charge is 2.22. The van der Waals surface area contributed by atoms with Crippen LogP contribution >= 0.6 is 0 Å². The SMILES string of the molecule is COc1ccc(C[C@](C)(O)CNC(=O)Nc2cccc(C)c2)cc1. The summed E-state index contributed by atoms with van der Waals surface area (Å²) in [6.07, 6.45) is 0.432. The summed E-state index contributed by atoms with van der Waals surface area (Å²) in [5, 5.41) is 15.9. The van der Waals surface area contributed by atoms with E-state index < -0.39 is 5.60 Å². The molecule has 5 heteroatoms. The quantitative estimate of drug-likeness (QED) is 0.763. The third-order valence-electron chi connectivity index (χ3n) is 3.65. The summed E-state index contributed by atoms with van der Waals surface area (Å²) in [6, 6.07) is 14.7. The van der Waals surface area contributed by atoms with Crippen LogP contribution in [0.3, 0.4) is 0 Å². The molecule has 0 saturated carbocycles. The number of urea groups is 1. The number of ether oxygens (including phenoxy) is 1. The minimum atomic E-state index is -1.04. The van der Waals surface area contributed by atoms with Crippen LogP contribution in [-0.2, 0) is 6.42 Å². The fourth-order valence-corrected chi connectivity index (χ4v) is 2.41. The number of hydrogen-bond acceptors (Lipinski definition) is 3. The molecule has 2 amide bonds. The van der Waals surface area contributed by atoms with Crippen LogP contribution in [0.5, 0.6) is 5.75 Å². The molecule has 0 spiro atoms. The van der Waals surface area contributed by atoms with E-state index in [-0.39, 0.29) is 12.6 Å². The number of benzene rings is 2. The first-order valence-electron chi connectivity index (χ1n) is 7.85. The number of rotatable bonds is 6. The van der Waals surface area contributed by atoms with Crippen LogP contribution in [0.15, 0.2) is 48.5 Å². The molecule has 0 aliphatic rings. The summed E-state index contributed by atoms with van der Waals surface area (Å²) in [5.74, 6) is 0.772. The molecule has 2 aromatic carbocycles. The van der Waals surface area contributed by atoms with Crippen LogP contribution < -0.4 is 15.4 Å². The van der Waals surface area contributed by atoms with Gasteiger partial charge in [0.1, 0.15) is 5.75 Å². The summed E-state index contributed by atoms with van der Waals surface area (Å²) >= 11 is 0. The van der Waals surface area contributed by atoms with Gasteiger partial charge in [-0.3, -0.25) is 0 Å². The molecular weight excluding hydrogens is 304 g/mol. The number of aryl methyl sites for hydroxylation is 1. The van der Waals surface area contributed by atoms with Crippen molar-refractivity contribution in [3.63, 3.8) is 0 Å². The zero-order valence-electron chi connectivity index (χ0n) is 14.3. The summed E-state index contributed by atoms with van der Waals surface area (Å²) in [7, 11) is 1.61. The Kier molecular flexibility index (Phi) is 5.82. The van der Waals surface area contributed by atoms with E-state index in [1.165, 1.54) is 0 Å². The topological polar surface area (TPSA) is 70.6 Å². The maximum atomic E-state index is 12.0. The Morgan fingerprint density at radius 2 is 1.92 bits per heavy atom. The highest BCUT2D eigenvalue weighted by atomic mass is 16.5. The number of hydrogen-bond donors (Lipinski definition) is 3. The molecule has 0 bridgehead atoms. The molecule has 0 aliphatic carbocycles. The summed E-state index contributed by atoms with van der Waals surface area (Å²) < 4.78 is 5.12. The average Bonchev–Trinajstić information content (AvgIpc) is 2.53. The number of aliphatic hydroxyl groups is 1. The summed E-state index contributed by atoms with van der Waals surface area (Å²) in [5.41, 5.74) is 1.72. The first-order chi connectivity index (χ1) is 11.4. The van der Waals surface area contributed by atoms with E-state index in [0.29, 0.717) is 6.42 Å². The zero-order valence-corrected chi connectivity index (χ0v) is 14.3. The van der Waals surface area contributed by atoms with Gasteiger partial charge in [-0.2, -0.15) is 0 Å². The van der Waals surface area contributed by atoms with Crippen molar-refractivity contribution in [2.75, 3.05) is 19.0 Å². The predicted octanol–water partition coefficient (Wildman–Crippen LogP) is 3.12. The van der Waals surface area contributed by atoms with Gasteiger partial charge in [0.05, 0.1) is 12.7 Å². The van der Waals surface area contributed by atoms with Gasteiger partial charge in [0.15, 0.2) is 0 Å². The normalized spacial score (nSPS) is 13.0. The molecule has 0 fully saturated rings. The predicted molar refractivity (Wildman–Crippen MR) is 95.5 cm³/mol. The van der Waals surface area contributed by atoms with Gasteiger partial charge in [-0.25, -0.2) is 4.79 Å².